The largest absolute Gasteiger partial charge is 0.481 e. The summed E-state index contributed by atoms with van der Waals surface area (Å²) in [5.41, 5.74) is 0.866. The Morgan fingerprint density at radius 3 is 2.33 bits per heavy atom. The van der Waals surface area contributed by atoms with Crippen molar-refractivity contribution in [1.29, 1.82) is 0 Å². The van der Waals surface area contributed by atoms with Crippen LogP contribution in [0.2, 0.25) is 5.02 Å². The molecule has 0 fully saturated rings. The molecule has 5 heteroatoms. The van der Waals surface area contributed by atoms with Crippen LogP contribution in [-0.2, 0) is 17.6 Å². The lowest BCUT2D eigenvalue weighted by molar-refractivity contribution is -0.141. The third-order valence-corrected chi connectivity index (χ3v) is 3.61. The van der Waals surface area contributed by atoms with Crippen LogP contribution in [0, 0.1) is 17.6 Å². The smallest absolute Gasteiger partial charge is 0.307 e. The standard InChI is InChI=1S/C16H13ClF2O2/c17-14-2-1-3-15(19)13(14)9-11(16(20)21)8-10-4-6-12(18)7-5-10/h1-7,11H,8-9H2,(H,20,21). The van der Waals surface area contributed by atoms with Gasteiger partial charge in [-0.1, -0.05) is 29.8 Å². The maximum absolute atomic E-state index is 13.7. The fourth-order valence-electron chi connectivity index (χ4n) is 2.13. The van der Waals surface area contributed by atoms with Gasteiger partial charge in [0.25, 0.3) is 0 Å². The molecule has 2 aromatic carbocycles. The highest BCUT2D eigenvalue weighted by Crippen LogP contribution is 2.24. The van der Waals surface area contributed by atoms with Crippen LogP contribution in [0.15, 0.2) is 42.5 Å². The van der Waals surface area contributed by atoms with E-state index in [-0.39, 0.29) is 29.2 Å². The Kier molecular flexibility index (Phi) is 4.91. The van der Waals surface area contributed by atoms with Gasteiger partial charge in [0.05, 0.1) is 5.92 Å². The fraction of sp³-hybridized carbons (Fsp3) is 0.188. The summed E-state index contributed by atoms with van der Waals surface area (Å²) in [7, 11) is 0. The van der Waals surface area contributed by atoms with Gasteiger partial charge in [0, 0.05) is 10.6 Å². The van der Waals surface area contributed by atoms with E-state index in [1.54, 1.807) is 0 Å². The van der Waals surface area contributed by atoms with E-state index in [1.807, 2.05) is 0 Å². The van der Waals surface area contributed by atoms with Crippen molar-refractivity contribution < 1.29 is 18.7 Å². The normalized spacial score (nSPS) is 12.1. The molecular weight excluding hydrogens is 298 g/mol. The summed E-state index contributed by atoms with van der Waals surface area (Å²) >= 11 is 5.92. The van der Waals surface area contributed by atoms with Gasteiger partial charge in [-0.15, -0.1) is 0 Å². The first-order chi connectivity index (χ1) is 9.97. The Hall–Kier alpha value is -1.94. The lowest BCUT2D eigenvalue weighted by Crippen LogP contribution is -2.20. The highest BCUT2D eigenvalue weighted by Gasteiger charge is 2.21. The number of aliphatic carboxylic acids is 1. The van der Waals surface area contributed by atoms with E-state index in [0.717, 1.165) is 0 Å². The Morgan fingerprint density at radius 2 is 1.76 bits per heavy atom. The minimum Gasteiger partial charge on any atom is -0.481 e. The average Bonchev–Trinajstić information content (AvgIpc) is 2.43. The predicted octanol–water partition coefficient (Wildman–Crippen LogP) is 4.10. The van der Waals surface area contributed by atoms with Crippen molar-refractivity contribution in [2.45, 2.75) is 12.8 Å². The van der Waals surface area contributed by atoms with Crippen molar-refractivity contribution in [3.8, 4) is 0 Å². The Labute approximate surface area is 126 Å². The van der Waals surface area contributed by atoms with Crippen LogP contribution in [-0.4, -0.2) is 11.1 Å². The number of carbonyl (C=O) groups is 1. The van der Waals surface area contributed by atoms with Crippen LogP contribution < -0.4 is 0 Å². The van der Waals surface area contributed by atoms with Crippen LogP contribution in [0.3, 0.4) is 0 Å². The van der Waals surface area contributed by atoms with Gasteiger partial charge in [-0.2, -0.15) is 0 Å². The summed E-state index contributed by atoms with van der Waals surface area (Å²) in [6.07, 6.45) is 0.165. The Bertz CT molecular complexity index is 621. The van der Waals surface area contributed by atoms with Gasteiger partial charge in [0.2, 0.25) is 0 Å². The molecule has 0 aromatic heterocycles. The summed E-state index contributed by atoms with van der Waals surface area (Å²) in [4.78, 5) is 11.4. The molecule has 0 amide bonds. The summed E-state index contributed by atoms with van der Waals surface area (Å²) in [6.45, 7) is 0. The second-order valence-electron chi connectivity index (χ2n) is 4.77. The highest BCUT2D eigenvalue weighted by atomic mass is 35.5. The molecule has 0 aliphatic rings. The zero-order valence-electron chi connectivity index (χ0n) is 11.0. The maximum atomic E-state index is 13.7. The van der Waals surface area contributed by atoms with Crippen molar-refractivity contribution in [3.63, 3.8) is 0 Å². The molecule has 0 heterocycles. The topological polar surface area (TPSA) is 37.3 Å². The molecule has 1 unspecified atom stereocenters. The first-order valence-corrected chi connectivity index (χ1v) is 6.75. The average molecular weight is 311 g/mol. The molecule has 0 saturated carbocycles. The van der Waals surface area contributed by atoms with E-state index >= 15 is 0 Å². The summed E-state index contributed by atoms with van der Waals surface area (Å²) < 4.78 is 26.6. The summed E-state index contributed by atoms with van der Waals surface area (Å²) in [5.74, 6) is -2.78. The molecule has 2 rings (SSSR count). The molecule has 1 atom stereocenters. The van der Waals surface area contributed by atoms with Gasteiger partial charge in [-0.25, -0.2) is 8.78 Å². The number of carboxylic acid groups (broad SMARTS) is 1. The molecule has 0 aliphatic carbocycles. The quantitative estimate of drug-likeness (QED) is 0.902. The van der Waals surface area contributed by atoms with Gasteiger partial charge in [-0.05, 0) is 42.7 Å². The molecule has 2 nitrogen and oxygen atoms in total. The van der Waals surface area contributed by atoms with Crippen molar-refractivity contribution in [2.75, 3.05) is 0 Å². The minimum atomic E-state index is -1.04. The zero-order valence-corrected chi connectivity index (χ0v) is 11.8. The second kappa shape index (κ2) is 6.68. The SMILES string of the molecule is O=C(O)C(Cc1ccc(F)cc1)Cc1c(F)cccc1Cl. The third-order valence-electron chi connectivity index (χ3n) is 3.26. The van der Waals surface area contributed by atoms with E-state index in [4.69, 9.17) is 11.6 Å². The summed E-state index contributed by atoms with van der Waals surface area (Å²) in [5, 5.41) is 9.50. The lowest BCUT2D eigenvalue weighted by atomic mass is 9.92. The number of halogens is 3. The maximum Gasteiger partial charge on any atom is 0.307 e. The number of hydrogen-bond donors (Lipinski definition) is 1. The second-order valence-corrected chi connectivity index (χ2v) is 5.18. The molecule has 0 spiro atoms. The van der Waals surface area contributed by atoms with E-state index in [9.17, 15) is 18.7 Å². The zero-order chi connectivity index (χ0) is 15.4. The van der Waals surface area contributed by atoms with Gasteiger partial charge >= 0.3 is 5.97 Å². The van der Waals surface area contributed by atoms with E-state index in [2.05, 4.69) is 0 Å². The van der Waals surface area contributed by atoms with Crippen LogP contribution in [0.4, 0.5) is 8.78 Å². The number of benzene rings is 2. The molecular formula is C16H13ClF2O2. The van der Waals surface area contributed by atoms with Crippen LogP contribution in [0.5, 0.6) is 0 Å². The van der Waals surface area contributed by atoms with Crippen molar-refractivity contribution in [3.05, 3.63) is 70.2 Å². The van der Waals surface area contributed by atoms with Crippen LogP contribution >= 0.6 is 11.6 Å². The van der Waals surface area contributed by atoms with Crippen LogP contribution in [0.25, 0.3) is 0 Å². The van der Waals surface area contributed by atoms with Gasteiger partial charge in [-0.3, -0.25) is 4.79 Å². The number of carboxylic acids is 1. The number of rotatable bonds is 5. The number of hydrogen-bond acceptors (Lipinski definition) is 1. The fourth-order valence-corrected chi connectivity index (χ4v) is 2.37. The van der Waals surface area contributed by atoms with Gasteiger partial charge in [0.1, 0.15) is 11.6 Å². The first kappa shape index (κ1) is 15.4. The molecule has 0 aliphatic heterocycles. The Balaban J connectivity index is 2.20. The van der Waals surface area contributed by atoms with Gasteiger partial charge in [0.15, 0.2) is 0 Å². The predicted molar refractivity (Wildman–Crippen MR) is 76.3 cm³/mol. The van der Waals surface area contributed by atoms with E-state index < -0.39 is 17.7 Å². The van der Waals surface area contributed by atoms with Gasteiger partial charge < -0.3 is 5.11 Å². The lowest BCUT2D eigenvalue weighted by Gasteiger charge is -2.14. The Morgan fingerprint density at radius 1 is 1.10 bits per heavy atom. The van der Waals surface area contributed by atoms with Crippen molar-refractivity contribution in [2.24, 2.45) is 5.92 Å². The minimum absolute atomic E-state index is 0.0157. The molecule has 21 heavy (non-hydrogen) atoms. The molecule has 0 saturated heterocycles. The summed E-state index contributed by atoms with van der Waals surface area (Å²) in [6, 6.07) is 9.82. The molecule has 0 bridgehead atoms. The van der Waals surface area contributed by atoms with Crippen molar-refractivity contribution >= 4 is 17.6 Å². The monoisotopic (exact) mass is 310 g/mol. The van der Waals surface area contributed by atoms with Crippen LogP contribution in [0.1, 0.15) is 11.1 Å². The van der Waals surface area contributed by atoms with E-state index in [0.29, 0.717) is 5.56 Å². The molecule has 0 radical (unpaired) electrons. The van der Waals surface area contributed by atoms with E-state index in [1.165, 1.54) is 42.5 Å². The molecule has 2 aromatic rings. The molecule has 110 valence electrons. The third kappa shape index (κ3) is 4.02. The molecule has 1 N–H and O–H groups in total. The van der Waals surface area contributed by atoms with Crippen molar-refractivity contribution in [1.82, 2.24) is 0 Å². The highest BCUT2D eigenvalue weighted by molar-refractivity contribution is 6.31. The first-order valence-electron chi connectivity index (χ1n) is 6.37.